The van der Waals surface area contributed by atoms with E-state index >= 15 is 0 Å². The van der Waals surface area contributed by atoms with Crippen LogP contribution in [-0.4, -0.2) is 35.7 Å². The topological polar surface area (TPSA) is 89.9 Å². The lowest BCUT2D eigenvalue weighted by Crippen LogP contribution is -2.51. The summed E-state index contributed by atoms with van der Waals surface area (Å²) in [4.78, 5) is 34.5. The van der Waals surface area contributed by atoms with Crippen molar-refractivity contribution in [3.05, 3.63) is 11.6 Å². The zero-order valence-electron chi connectivity index (χ0n) is 19.6. The predicted molar refractivity (Wildman–Crippen MR) is 119 cm³/mol. The number of unbranched alkanes of at least 4 members (excludes halogenated alkanes) is 1. The predicted octanol–water partition coefficient (Wildman–Crippen LogP) is 5.05. The minimum absolute atomic E-state index is 0.00838. The lowest BCUT2D eigenvalue weighted by atomic mass is 9.47. The normalized spacial score (nSPS) is 38.3. The van der Waals surface area contributed by atoms with Gasteiger partial charge in [0.1, 0.15) is 0 Å². The van der Waals surface area contributed by atoms with E-state index < -0.39 is 5.97 Å². The van der Waals surface area contributed by atoms with Crippen molar-refractivity contribution < 1.29 is 29.0 Å². The van der Waals surface area contributed by atoms with Crippen LogP contribution in [0.15, 0.2) is 11.6 Å². The number of ketones is 1. The summed E-state index contributed by atoms with van der Waals surface area (Å²) in [6, 6.07) is 0. The standard InChI is InChI=1S/C26H38O6/c1-25-13-11-18(27)15-17(25)7-8-19-20-9-10-22(26(20,2)14-12-21(19)25)31-16-32-24(30)6-4-3-5-23(28)29/h15,19-22H,3-14,16H2,1-2H3,(H,28,29)/t19-,20-,21-,22-,25-,26-/m0/s1. The number of esters is 1. The molecule has 0 heterocycles. The first-order chi connectivity index (χ1) is 15.2. The number of carbonyl (C=O) groups is 3. The van der Waals surface area contributed by atoms with Crippen LogP contribution in [0.25, 0.3) is 0 Å². The Morgan fingerprint density at radius 2 is 1.81 bits per heavy atom. The molecule has 4 aliphatic carbocycles. The molecule has 0 aromatic heterocycles. The fraction of sp³-hybridized carbons (Fsp3) is 0.808. The van der Waals surface area contributed by atoms with Crippen molar-refractivity contribution in [2.45, 2.75) is 97.0 Å². The quantitative estimate of drug-likeness (QED) is 0.319. The van der Waals surface area contributed by atoms with Crippen LogP contribution in [0.2, 0.25) is 0 Å². The fourth-order valence-electron chi connectivity index (χ4n) is 7.58. The molecular weight excluding hydrogens is 408 g/mol. The largest absolute Gasteiger partial charge is 0.481 e. The fourth-order valence-corrected chi connectivity index (χ4v) is 7.58. The Labute approximate surface area is 191 Å². The van der Waals surface area contributed by atoms with Gasteiger partial charge in [0, 0.05) is 19.3 Å². The summed E-state index contributed by atoms with van der Waals surface area (Å²) < 4.78 is 11.4. The highest BCUT2D eigenvalue weighted by atomic mass is 16.7. The molecule has 0 aliphatic heterocycles. The minimum atomic E-state index is -0.836. The maximum atomic E-state index is 12.0. The zero-order chi connectivity index (χ0) is 22.9. The summed E-state index contributed by atoms with van der Waals surface area (Å²) in [5.74, 6) is 1.14. The number of carboxylic acid groups (broad SMARTS) is 1. The van der Waals surface area contributed by atoms with Crippen LogP contribution >= 0.6 is 0 Å². The molecule has 4 aliphatic rings. The van der Waals surface area contributed by atoms with Gasteiger partial charge in [-0.2, -0.15) is 0 Å². The Morgan fingerprint density at radius 1 is 1.03 bits per heavy atom. The monoisotopic (exact) mass is 446 g/mol. The number of hydrogen-bond acceptors (Lipinski definition) is 5. The molecule has 6 nitrogen and oxygen atoms in total. The Hall–Kier alpha value is -1.69. The molecule has 0 bridgehead atoms. The van der Waals surface area contributed by atoms with Crippen molar-refractivity contribution in [2.75, 3.05) is 6.79 Å². The Morgan fingerprint density at radius 3 is 2.59 bits per heavy atom. The molecular formula is C26H38O6. The van der Waals surface area contributed by atoms with Crippen LogP contribution in [0.1, 0.15) is 90.9 Å². The minimum Gasteiger partial charge on any atom is -0.481 e. The summed E-state index contributed by atoms with van der Waals surface area (Å²) in [7, 11) is 0. The van der Waals surface area contributed by atoms with Gasteiger partial charge in [-0.25, -0.2) is 0 Å². The first-order valence-electron chi connectivity index (χ1n) is 12.5. The van der Waals surface area contributed by atoms with Crippen molar-refractivity contribution in [3.8, 4) is 0 Å². The number of ether oxygens (including phenoxy) is 2. The number of carboxylic acids is 1. The molecule has 0 aromatic carbocycles. The third-order valence-electron chi connectivity index (χ3n) is 9.39. The van der Waals surface area contributed by atoms with Crippen LogP contribution in [0, 0.1) is 28.6 Å². The van der Waals surface area contributed by atoms with Gasteiger partial charge >= 0.3 is 11.9 Å². The van der Waals surface area contributed by atoms with Crippen LogP contribution < -0.4 is 0 Å². The van der Waals surface area contributed by atoms with Crippen molar-refractivity contribution in [3.63, 3.8) is 0 Å². The van der Waals surface area contributed by atoms with Gasteiger partial charge in [-0.1, -0.05) is 19.4 Å². The summed E-state index contributed by atoms with van der Waals surface area (Å²) in [5.41, 5.74) is 1.71. The highest BCUT2D eigenvalue weighted by Gasteiger charge is 2.59. The molecule has 0 saturated heterocycles. The molecule has 0 radical (unpaired) electrons. The van der Waals surface area contributed by atoms with Gasteiger partial charge in [0.15, 0.2) is 12.6 Å². The third kappa shape index (κ3) is 4.40. The van der Waals surface area contributed by atoms with Crippen LogP contribution in [0.5, 0.6) is 0 Å². The molecule has 6 heteroatoms. The number of aliphatic carboxylic acids is 1. The van der Waals surface area contributed by atoms with E-state index in [1.54, 1.807) is 0 Å². The highest BCUT2D eigenvalue weighted by molar-refractivity contribution is 5.91. The van der Waals surface area contributed by atoms with E-state index in [2.05, 4.69) is 13.8 Å². The van der Waals surface area contributed by atoms with Crippen molar-refractivity contribution >= 4 is 17.7 Å². The Balaban J connectivity index is 1.30. The second kappa shape index (κ2) is 9.28. The molecule has 3 fully saturated rings. The lowest BCUT2D eigenvalue weighted by Gasteiger charge is -2.57. The lowest BCUT2D eigenvalue weighted by molar-refractivity contribution is -0.172. The van der Waals surface area contributed by atoms with Gasteiger partial charge < -0.3 is 14.6 Å². The SMILES string of the molecule is C[C@]12CC[C@H]3[C@@H](CCC4=CC(=O)CC[C@@]43C)[C@@H]1CC[C@@H]2OCOC(=O)CCCCC(=O)O. The van der Waals surface area contributed by atoms with Crippen molar-refractivity contribution in [1.82, 2.24) is 0 Å². The van der Waals surface area contributed by atoms with Gasteiger partial charge in [0.2, 0.25) is 0 Å². The van der Waals surface area contributed by atoms with Gasteiger partial charge in [-0.3, -0.25) is 14.4 Å². The number of rotatable bonds is 8. The molecule has 6 atom stereocenters. The summed E-state index contributed by atoms with van der Waals surface area (Å²) in [6.45, 7) is 4.77. The second-order valence-electron chi connectivity index (χ2n) is 11.0. The molecule has 0 spiro atoms. The van der Waals surface area contributed by atoms with Gasteiger partial charge in [-0.15, -0.1) is 0 Å². The molecule has 4 rings (SSSR count). The van der Waals surface area contributed by atoms with E-state index in [0.29, 0.717) is 42.8 Å². The molecule has 1 N–H and O–H groups in total. The Kier molecular flexibility index (Phi) is 6.81. The third-order valence-corrected chi connectivity index (χ3v) is 9.39. The van der Waals surface area contributed by atoms with E-state index in [1.165, 1.54) is 24.8 Å². The van der Waals surface area contributed by atoms with E-state index in [0.717, 1.165) is 25.7 Å². The van der Waals surface area contributed by atoms with Gasteiger partial charge in [0.25, 0.3) is 0 Å². The number of carbonyl (C=O) groups excluding carboxylic acids is 2. The maximum absolute atomic E-state index is 12.0. The molecule has 3 saturated carbocycles. The number of allylic oxidation sites excluding steroid dienone is 1. The summed E-state index contributed by atoms with van der Waals surface area (Å²) in [6.07, 6.45) is 11.8. The van der Waals surface area contributed by atoms with E-state index in [1.807, 2.05) is 6.08 Å². The van der Waals surface area contributed by atoms with E-state index in [9.17, 15) is 14.4 Å². The van der Waals surface area contributed by atoms with E-state index in [4.69, 9.17) is 14.6 Å². The van der Waals surface area contributed by atoms with Crippen LogP contribution in [0.4, 0.5) is 0 Å². The van der Waals surface area contributed by atoms with Crippen LogP contribution in [0.3, 0.4) is 0 Å². The molecule has 0 unspecified atom stereocenters. The van der Waals surface area contributed by atoms with Gasteiger partial charge in [0.05, 0.1) is 6.10 Å². The zero-order valence-corrected chi connectivity index (χ0v) is 19.6. The smallest absolute Gasteiger partial charge is 0.307 e. The Bertz CT molecular complexity index is 787. The first-order valence-corrected chi connectivity index (χ1v) is 12.5. The second-order valence-corrected chi connectivity index (χ2v) is 11.0. The molecule has 178 valence electrons. The first kappa shape index (κ1) is 23.5. The highest BCUT2D eigenvalue weighted by Crippen LogP contribution is 2.65. The van der Waals surface area contributed by atoms with Crippen molar-refractivity contribution in [2.24, 2.45) is 28.6 Å². The average molecular weight is 447 g/mol. The van der Waals surface area contributed by atoms with Gasteiger partial charge in [-0.05, 0) is 92.4 Å². The average Bonchev–Trinajstić information content (AvgIpc) is 3.08. The maximum Gasteiger partial charge on any atom is 0.307 e. The summed E-state index contributed by atoms with van der Waals surface area (Å²) in [5, 5.41) is 8.66. The molecule has 0 aromatic rings. The molecule has 32 heavy (non-hydrogen) atoms. The number of hydrogen-bond donors (Lipinski definition) is 1. The number of fused-ring (bicyclic) bond motifs is 5. The summed E-state index contributed by atoms with van der Waals surface area (Å²) >= 11 is 0. The molecule has 0 amide bonds. The van der Waals surface area contributed by atoms with E-state index in [-0.39, 0.29) is 42.5 Å². The van der Waals surface area contributed by atoms with Crippen LogP contribution in [-0.2, 0) is 23.9 Å². The van der Waals surface area contributed by atoms with Crippen molar-refractivity contribution in [1.29, 1.82) is 0 Å².